The Kier molecular flexibility index (Phi) is 8.81. The van der Waals surface area contributed by atoms with Gasteiger partial charge in [0.15, 0.2) is 0 Å². The summed E-state index contributed by atoms with van der Waals surface area (Å²) in [5.74, 6) is -0.387. The van der Waals surface area contributed by atoms with Crippen LogP contribution in [0.1, 0.15) is 43.9 Å². The first-order valence-corrected chi connectivity index (χ1v) is 12.6. The minimum atomic E-state index is -3.99. The predicted molar refractivity (Wildman–Crippen MR) is 128 cm³/mol. The molecule has 1 atom stereocenters. The zero-order valence-corrected chi connectivity index (χ0v) is 20.4. The summed E-state index contributed by atoms with van der Waals surface area (Å²) < 4.78 is 31.7. The van der Waals surface area contributed by atoms with Crippen LogP contribution in [-0.2, 0) is 34.2 Å². The van der Waals surface area contributed by atoms with Crippen molar-refractivity contribution in [1.29, 1.82) is 0 Å². The lowest BCUT2D eigenvalue weighted by Gasteiger charge is -2.31. The lowest BCUT2D eigenvalue weighted by molar-refractivity contribution is -0.384. The summed E-state index contributed by atoms with van der Waals surface area (Å²) in [6.07, 6.45) is 2.77. The fraction of sp³-hybridized carbons (Fsp3) is 0.435. The summed E-state index contributed by atoms with van der Waals surface area (Å²) in [5.41, 5.74) is 2.85. The molecule has 0 aliphatic carbocycles. The molecule has 0 heterocycles. The number of carbonyl (C=O) groups excluding carboxylic acids is 1. The Bertz CT molecular complexity index is 1120. The number of rotatable bonds is 11. The maximum Gasteiger partial charge on any atom is 0.271 e. The predicted octanol–water partition coefficient (Wildman–Crippen LogP) is 3.59. The summed E-state index contributed by atoms with van der Waals surface area (Å²) >= 11 is 0. The standard InChI is InChI=1S/C23H31N3O6S/c1-6-16-9-10-17(7-2)18(13-16)15-24-23(27)20(8-3)25(33(5,30)31)21-14-19(26(28)29)11-12-22(21)32-4/h9-14,20H,6-8,15H2,1-5H3,(H,24,27)/t20-/m1/s1. The number of nitrogens with zero attached hydrogens (tertiary/aromatic N) is 2. The van der Waals surface area contributed by atoms with Crippen molar-refractivity contribution in [1.82, 2.24) is 5.32 Å². The maximum absolute atomic E-state index is 13.2. The molecule has 180 valence electrons. The fourth-order valence-corrected chi connectivity index (χ4v) is 4.92. The van der Waals surface area contributed by atoms with Gasteiger partial charge in [-0.15, -0.1) is 0 Å². The molecule has 0 saturated heterocycles. The number of aryl methyl sites for hydroxylation is 2. The molecule has 10 heteroatoms. The van der Waals surface area contributed by atoms with Crippen LogP contribution < -0.4 is 14.4 Å². The zero-order valence-electron chi connectivity index (χ0n) is 19.6. The minimum Gasteiger partial charge on any atom is -0.495 e. The number of nitro benzene ring substituents is 1. The number of benzene rings is 2. The van der Waals surface area contributed by atoms with Crippen molar-refractivity contribution >= 4 is 27.3 Å². The number of methoxy groups -OCH3 is 1. The van der Waals surface area contributed by atoms with Crippen molar-refractivity contribution in [2.24, 2.45) is 0 Å². The Morgan fingerprint density at radius 2 is 1.82 bits per heavy atom. The van der Waals surface area contributed by atoms with Gasteiger partial charge in [-0.3, -0.25) is 19.2 Å². The van der Waals surface area contributed by atoms with E-state index in [0.717, 1.165) is 46.2 Å². The Morgan fingerprint density at radius 3 is 2.33 bits per heavy atom. The second-order valence-corrected chi connectivity index (χ2v) is 9.48. The number of ether oxygens (including phenoxy) is 1. The number of hydrogen-bond acceptors (Lipinski definition) is 6. The van der Waals surface area contributed by atoms with E-state index >= 15 is 0 Å². The third kappa shape index (κ3) is 6.22. The van der Waals surface area contributed by atoms with Crippen molar-refractivity contribution in [3.8, 4) is 5.75 Å². The molecule has 0 aliphatic rings. The van der Waals surface area contributed by atoms with Gasteiger partial charge in [-0.25, -0.2) is 8.42 Å². The molecule has 0 fully saturated rings. The van der Waals surface area contributed by atoms with Crippen LogP contribution in [0.2, 0.25) is 0 Å². The molecule has 2 aromatic rings. The van der Waals surface area contributed by atoms with E-state index in [1.54, 1.807) is 6.92 Å². The first kappa shape index (κ1) is 26.1. The monoisotopic (exact) mass is 477 g/mol. The van der Waals surface area contributed by atoms with E-state index in [4.69, 9.17) is 4.74 Å². The normalized spacial score (nSPS) is 12.2. The largest absolute Gasteiger partial charge is 0.495 e. The molecule has 1 N–H and O–H groups in total. The van der Waals surface area contributed by atoms with Gasteiger partial charge in [-0.1, -0.05) is 39.0 Å². The topological polar surface area (TPSA) is 119 Å². The zero-order chi connectivity index (χ0) is 24.8. The van der Waals surface area contributed by atoms with Gasteiger partial charge in [0, 0.05) is 18.7 Å². The van der Waals surface area contributed by atoms with E-state index in [2.05, 4.69) is 11.4 Å². The lowest BCUT2D eigenvalue weighted by atomic mass is 10.0. The molecular formula is C23H31N3O6S. The number of amides is 1. The second kappa shape index (κ2) is 11.1. The van der Waals surface area contributed by atoms with E-state index in [1.807, 2.05) is 26.0 Å². The average molecular weight is 478 g/mol. The van der Waals surface area contributed by atoms with E-state index in [-0.39, 0.29) is 30.1 Å². The van der Waals surface area contributed by atoms with Crippen molar-refractivity contribution in [2.45, 2.75) is 52.6 Å². The third-order valence-corrected chi connectivity index (χ3v) is 6.62. The number of nitro groups is 1. The van der Waals surface area contributed by atoms with Gasteiger partial charge < -0.3 is 10.1 Å². The van der Waals surface area contributed by atoms with Crippen molar-refractivity contribution in [3.05, 3.63) is 63.2 Å². The van der Waals surface area contributed by atoms with Gasteiger partial charge in [0.1, 0.15) is 17.5 Å². The third-order valence-electron chi connectivity index (χ3n) is 5.45. The molecule has 0 saturated carbocycles. The highest BCUT2D eigenvalue weighted by molar-refractivity contribution is 7.92. The highest BCUT2D eigenvalue weighted by Crippen LogP contribution is 2.35. The van der Waals surface area contributed by atoms with Crippen LogP contribution in [0.5, 0.6) is 5.75 Å². The number of non-ortho nitro benzene ring substituents is 1. The first-order chi connectivity index (χ1) is 15.6. The summed E-state index contributed by atoms with van der Waals surface area (Å²) in [6.45, 7) is 6.01. The van der Waals surface area contributed by atoms with Gasteiger partial charge in [-0.2, -0.15) is 0 Å². The lowest BCUT2D eigenvalue weighted by Crippen LogP contribution is -2.49. The Balaban J connectivity index is 2.44. The molecule has 33 heavy (non-hydrogen) atoms. The molecule has 0 aliphatic heterocycles. The summed E-state index contributed by atoms with van der Waals surface area (Å²) in [6, 6.07) is 8.66. The highest BCUT2D eigenvalue weighted by atomic mass is 32.2. The Hall–Kier alpha value is -3.14. The molecule has 0 bridgehead atoms. The molecular weight excluding hydrogens is 446 g/mol. The average Bonchev–Trinajstić information content (AvgIpc) is 2.79. The summed E-state index contributed by atoms with van der Waals surface area (Å²) in [5, 5.41) is 14.1. The molecule has 0 spiro atoms. The molecule has 0 unspecified atom stereocenters. The molecule has 0 radical (unpaired) electrons. The van der Waals surface area contributed by atoms with Crippen LogP contribution in [0.25, 0.3) is 0 Å². The molecule has 2 aromatic carbocycles. The van der Waals surface area contributed by atoms with Crippen LogP contribution in [0.15, 0.2) is 36.4 Å². The molecule has 9 nitrogen and oxygen atoms in total. The van der Waals surface area contributed by atoms with Crippen LogP contribution in [0.3, 0.4) is 0 Å². The number of hydrogen-bond donors (Lipinski definition) is 1. The van der Waals surface area contributed by atoms with E-state index < -0.39 is 26.9 Å². The van der Waals surface area contributed by atoms with Crippen molar-refractivity contribution < 1.29 is 22.9 Å². The number of anilines is 1. The van der Waals surface area contributed by atoms with Crippen molar-refractivity contribution in [3.63, 3.8) is 0 Å². The van der Waals surface area contributed by atoms with Gasteiger partial charge in [0.25, 0.3) is 5.69 Å². The van der Waals surface area contributed by atoms with E-state index in [0.29, 0.717) is 0 Å². The van der Waals surface area contributed by atoms with Gasteiger partial charge in [-0.05, 0) is 42.0 Å². The highest BCUT2D eigenvalue weighted by Gasteiger charge is 2.34. The number of nitrogens with one attached hydrogen (secondary N) is 1. The summed E-state index contributed by atoms with van der Waals surface area (Å²) in [4.78, 5) is 23.8. The fourth-order valence-electron chi connectivity index (χ4n) is 3.71. The minimum absolute atomic E-state index is 0.0570. The van der Waals surface area contributed by atoms with Gasteiger partial charge in [0.2, 0.25) is 15.9 Å². The van der Waals surface area contributed by atoms with Crippen LogP contribution in [-0.4, -0.2) is 38.7 Å². The van der Waals surface area contributed by atoms with Crippen LogP contribution >= 0.6 is 0 Å². The maximum atomic E-state index is 13.2. The van der Waals surface area contributed by atoms with Crippen LogP contribution in [0, 0.1) is 10.1 Å². The van der Waals surface area contributed by atoms with E-state index in [9.17, 15) is 23.3 Å². The van der Waals surface area contributed by atoms with Gasteiger partial charge in [0.05, 0.1) is 18.3 Å². The molecule has 1 amide bonds. The Labute approximate surface area is 195 Å². The number of sulfonamides is 1. The molecule has 2 rings (SSSR count). The second-order valence-electron chi connectivity index (χ2n) is 7.62. The quantitative estimate of drug-likeness (QED) is 0.390. The van der Waals surface area contributed by atoms with Crippen LogP contribution in [0.4, 0.5) is 11.4 Å². The van der Waals surface area contributed by atoms with Crippen molar-refractivity contribution in [2.75, 3.05) is 17.7 Å². The first-order valence-electron chi connectivity index (χ1n) is 10.8. The Morgan fingerprint density at radius 1 is 1.12 bits per heavy atom. The SMILES string of the molecule is CCc1ccc(CC)c(CNC(=O)[C@@H](CC)N(c2cc([N+](=O)[O-])ccc2OC)S(C)(=O)=O)c1. The number of carbonyl (C=O) groups is 1. The molecule has 0 aromatic heterocycles. The smallest absolute Gasteiger partial charge is 0.271 e. The van der Waals surface area contributed by atoms with E-state index in [1.165, 1.54) is 19.2 Å². The van der Waals surface area contributed by atoms with Gasteiger partial charge >= 0.3 is 0 Å². The summed E-state index contributed by atoms with van der Waals surface area (Å²) in [7, 11) is -2.65.